The van der Waals surface area contributed by atoms with Crippen LogP contribution >= 0.6 is 11.3 Å². The minimum atomic E-state index is -4.77. The minimum absolute atomic E-state index is 0.324. The van der Waals surface area contributed by atoms with Gasteiger partial charge in [-0.25, -0.2) is 4.79 Å². The highest BCUT2D eigenvalue weighted by Gasteiger charge is 2.48. The zero-order valence-corrected chi connectivity index (χ0v) is 14.0. The van der Waals surface area contributed by atoms with Crippen LogP contribution in [-0.4, -0.2) is 60.5 Å². The molecule has 24 heavy (non-hydrogen) atoms. The van der Waals surface area contributed by atoms with Crippen molar-refractivity contribution in [3.05, 3.63) is 20.9 Å². The van der Waals surface area contributed by atoms with E-state index in [1.54, 1.807) is 11.3 Å². The Morgan fingerprint density at radius 3 is 2.83 bits per heavy atom. The highest BCUT2D eigenvalue weighted by molar-refractivity contribution is 7.80. The Labute approximate surface area is 142 Å². The van der Waals surface area contributed by atoms with Crippen LogP contribution in [-0.2, 0) is 39.0 Å². The zero-order chi connectivity index (χ0) is 17.1. The molecule has 1 atom stereocenters. The van der Waals surface area contributed by atoms with Gasteiger partial charge in [-0.3, -0.25) is 4.55 Å². The Kier molecular flexibility index (Phi) is 3.69. The molecule has 1 saturated heterocycles. The summed E-state index contributed by atoms with van der Waals surface area (Å²) in [6.45, 7) is 2.03. The molecule has 0 saturated carbocycles. The standard InChI is InChI=1S/C12H13BN3O6S2/c17-6-13-15-2-1-10-7(4-15)8-3-14-5-9(11(8)23-10)16(12(14)18)22-24(19,20)21/h6,9H,1-5H2,(H,19,20,21). The summed E-state index contributed by atoms with van der Waals surface area (Å²) in [5, 5.41) is 0.735. The van der Waals surface area contributed by atoms with Crippen molar-refractivity contribution in [1.29, 1.82) is 0 Å². The van der Waals surface area contributed by atoms with E-state index in [0.29, 0.717) is 19.6 Å². The van der Waals surface area contributed by atoms with E-state index >= 15 is 0 Å². The van der Waals surface area contributed by atoms with Crippen molar-refractivity contribution in [2.45, 2.75) is 25.6 Å². The lowest BCUT2D eigenvalue weighted by Crippen LogP contribution is -2.35. The summed E-state index contributed by atoms with van der Waals surface area (Å²) >= 11 is 1.54. The van der Waals surface area contributed by atoms with Gasteiger partial charge in [0.05, 0.1) is 12.7 Å². The van der Waals surface area contributed by atoms with Crippen LogP contribution in [0.25, 0.3) is 0 Å². The molecule has 4 heterocycles. The molecule has 0 aromatic carbocycles. The topological polar surface area (TPSA) is 107 Å². The van der Waals surface area contributed by atoms with Gasteiger partial charge in [-0.1, -0.05) is 0 Å². The van der Waals surface area contributed by atoms with E-state index in [-0.39, 0.29) is 0 Å². The van der Waals surface area contributed by atoms with Gasteiger partial charge in [0, 0.05) is 22.8 Å². The first-order valence-corrected chi connectivity index (χ1v) is 9.46. The molecule has 1 N–H and O–H groups in total. The van der Waals surface area contributed by atoms with Crippen molar-refractivity contribution in [3.63, 3.8) is 0 Å². The molecule has 127 valence electrons. The van der Waals surface area contributed by atoms with Crippen LogP contribution in [0.2, 0.25) is 0 Å². The van der Waals surface area contributed by atoms with Crippen molar-refractivity contribution < 1.29 is 26.8 Å². The zero-order valence-electron chi connectivity index (χ0n) is 12.4. The number of urea groups is 1. The number of rotatable bonds is 4. The van der Waals surface area contributed by atoms with Gasteiger partial charge in [-0.05, 0) is 24.1 Å². The number of hydrogen-bond acceptors (Lipinski definition) is 7. The molecule has 0 spiro atoms. The first-order valence-electron chi connectivity index (χ1n) is 7.28. The molecule has 1 aromatic rings. The maximum atomic E-state index is 12.3. The van der Waals surface area contributed by atoms with Crippen LogP contribution in [0.5, 0.6) is 0 Å². The second-order valence-electron chi connectivity index (χ2n) is 5.86. The Balaban J connectivity index is 1.70. The van der Waals surface area contributed by atoms with E-state index in [9.17, 15) is 18.0 Å². The van der Waals surface area contributed by atoms with Gasteiger partial charge in [0.2, 0.25) is 0 Å². The van der Waals surface area contributed by atoms with Crippen LogP contribution in [0.3, 0.4) is 0 Å². The highest BCUT2D eigenvalue weighted by atomic mass is 32.3. The van der Waals surface area contributed by atoms with Gasteiger partial charge < -0.3 is 14.5 Å². The van der Waals surface area contributed by atoms with Gasteiger partial charge >= 0.3 is 16.4 Å². The fourth-order valence-corrected chi connectivity index (χ4v) is 5.23. The Bertz CT molecular complexity index is 825. The average Bonchev–Trinajstić information content (AvgIpc) is 2.99. The van der Waals surface area contributed by atoms with Crippen molar-refractivity contribution in [3.8, 4) is 0 Å². The second kappa shape index (κ2) is 5.53. The lowest BCUT2D eigenvalue weighted by atomic mass is 9.89. The monoisotopic (exact) mass is 370 g/mol. The van der Waals surface area contributed by atoms with Crippen molar-refractivity contribution in [1.82, 2.24) is 14.8 Å². The minimum Gasteiger partial charge on any atom is -0.336 e. The lowest BCUT2D eigenvalue weighted by Gasteiger charge is -2.27. The van der Waals surface area contributed by atoms with Crippen LogP contribution in [0.15, 0.2) is 0 Å². The van der Waals surface area contributed by atoms with Gasteiger partial charge in [0.1, 0.15) is 6.04 Å². The fraction of sp³-hybridized carbons (Fsp3) is 0.500. The van der Waals surface area contributed by atoms with Gasteiger partial charge in [-0.2, -0.15) is 13.5 Å². The van der Waals surface area contributed by atoms with Crippen LogP contribution in [0.4, 0.5) is 4.79 Å². The summed E-state index contributed by atoms with van der Waals surface area (Å²) in [6, 6.07) is -1.14. The molecule has 1 aromatic heterocycles. The molecule has 4 rings (SSSR count). The molecule has 9 nitrogen and oxygen atoms in total. The number of amides is 2. The molecular weight excluding hydrogens is 357 g/mol. The second-order valence-corrected chi connectivity index (χ2v) is 8.00. The third kappa shape index (κ3) is 2.54. The SMILES string of the molecule is O=C[B]N1CCc2sc3c(c2C1)CN1CC3N(OS(=O)(=O)O)C1=O. The predicted molar refractivity (Wildman–Crippen MR) is 84.0 cm³/mol. The van der Waals surface area contributed by atoms with Gasteiger partial charge in [0.15, 0.2) is 0 Å². The number of thiophene rings is 1. The molecule has 3 aliphatic heterocycles. The number of carbonyl (C=O) groups excluding carboxylic acids is 2. The summed E-state index contributed by atoms with van der Waals surface area (Å²) < 4.78 is 35.5. The number of nitrogens with zero attached hydrogens (tertiary/aromatic N) is 3. The number of fused-ring (bicyclic) bond motifs is 6. The fourth-order valence-electron chi connectivity index (χ4n) is 3.47. The van der Waals surface area contributed by atoms with E-state index < -0.39 is 22.5 Å². The average molecular weight is 370 g/mol. The van der Waals surface area contributed by atoms with Crippen molar-refractivity contribution in [2.75, 3.05) is 13.1 Å². The van der Waals surface area contributed by atoms with E-state index in [1.165, 1.54) is 17.2 Å². The Hall–Kier alpha value is -1.47. The maximum absolute atomic E-state index is 12.3. The number of hydroxylamine groups is 2. The summed E-state index contributed by atoms with van der Waals surface area (Å²) in [4.78, 5) is 28.4. The molecule has 1 unspecified atom stereocenters. The third-order valence-electron chi connectivity index (χ3n) is 4.45. The van der Waals surface area contributed by atoms with Crippen LogP contribution in [0.1, 0.15) is 26.9 Å². The first kappa shape index (κ1) is 16.0. The number of hydrogen-bond donors (Lipinski definition) is 1. The van der Waals surface area contributed by atoms with Crippen LogP contribution in [0, 0.1) is 0 Å². The molecule has 1 fully saturated rings. The van der Waals surface area contributed by atoms with E-state index in [2.05, 4.69) is 4.28 Å². The lowest BCUT2D eigenvalue weighted by molar-refractivity contribution is -0.0307. The number of carbonyl (C=O) groups is 2. The molecule has 2 amide bonds. The summed E-state index contributed by atoms with van der Waals surface area (Å²) in [5.74, 6) is 0. The van der Waals surface area contributed by atoms with Gasteiger partial charge in [-0.15, -0.1) is 15.6 Å². The maximum Gasteiger partial charge on any atom is 0.418 e. The smallest absolute Gasteiger partial charge is 0.336 e. The van der Waals surface area contributed by atoms with E-state index in [1.807, 2.05) is 4.81 Å². The normalized spacial score (nSPS) is 23.2. The van der Waals surface area contributed by atoms with Crippen molar-refractivity contribution in [2.24, 2.45) is 0 Å². The molecule has 12 heteroatoms. The molecule has 3 aliphatic rings. The molecule has 2 bridgehead atoms. The van der Waals surface area contributed by atoms with Crippen LogP contribution < -0.4 is 0 Å². The molecule has 1 radical (unpaired) electrons. The third-order valence-corrected chi connectivity index (χ3v) is 6.24. The summed E-state index contributed by atoms with van der Waals surface area (Å²) in [5.41, 5.74) is 2.08. The Morgan fingerprint density at radius 1 is 1.33 bits per heavy atom. The summed E-state index contributed by atoms with van der Waals surface area (Å²) in [6.07, 6.45) is 1.54. The van der Waals surface area contributed by atoms with Gasteiger partial charge in [0.25, 0.3) is 7.41 Å². The largest absolute Gasteiger partial charge is 0.418 e. The van der Waals surface area contributed by atoms with Crippen molar-refractivity contribution >= 4 is 41.4 Å². The van der Waals surface area contributed by atoms with E-state index in [4.69, 9.17) is 4.55 Å². The first-order chi connectivity index (χ1) is 11.4. The van der Waals surface area contributed by atoms with E-state index in [0.717, 1.165) is 40.2 Å². The highest BCUT2D eigenvalue weighted by Crippen LogP contribution is 2.46. The molecular formula is C12H13BN3O6S2. The molecule has 0 aliphatic carbocycles. The summed E-state index contributed by atoms with van der Waals surface area (Å²) in [7, 11) is -3.27. The Morgan fingerprint density at radius 2 is 2.12 bits per heavy atom. The predicted octanol–water partition coefficient (Wildman–Crippen LogP) is -0.0577. The quantitative estimate of drug-likeness (QED) is 0.450.